The quantitative estimate of drug-likeness (QED) is 0.411. The average molecular weight is 487 g/mol. The number of benzene rings is 3. The number of rotatable bonds is 5. The molecule has 7 heteroatoms. The van der Waals surface area contributed by atoms with Gasteiger partial charge in [0.05, 0.1) is 4.90 Å². The Hall–Kier alpha value is -3.29. The molecular weight excluding hydrogens is 456 g/mol. The molecule has 0 unspecified atom stereocenters. The molecule has 6 nitrogen and oxygen atoms in total. The highest BCUT2D eigenvalue weighted by atomic mass is 32.2. The van der Waals surface area contributed by atoms with Crippen LogP contribution in [0.3, 0.4) is 0 Å². The third kappa shape index (κ3) is 4.66. The molecule has 35 heavy (non-hydrogen) atoms. The van der Waals surface area contributed by atoms with Crippen LogP contribution in [0.25, 0.3) is 10.8 Å². The molecule has 5 rings (SSSR count). The smallest absolute Gasteiger partial charge is 0.243 e. The van der Waals surface area contributed by atoms with Crippen LogP contribution >= 0.6 is 0 Å². The van der Waals surface area contributed by atoms with Crippen LogP contribution in [-0.2, 0) is 16.4 Å². The van der Waals surface area contributed by atoms with Crippen LogP contribution in [0.15, 0.2) is 71.6 Å². The number of aryl methyl sites for hydroxylation is 3. The van der Waals surface area contributed by atoms with E-state index < -0.39 is 10.0 Å². The second-order valence-corrected chi connectivity index (χ2v) is 11.1. The van der Waals surface area contributed by atoms with Gasteiger partial charge in [-0.15, -0.1) is 0 Å². The summed E-state index contributed by atoms with van der Waals surface area (Å²) in [6.07, 6.45) is 0.746. The van der Waals surface area contributed by atoms with Gasteiger partial charge in [-0.1, -0.05) is 66.2 Å². The summed E-state index contributed by atoms with van der Waals surface area (Å²) in [7, 11) is -3.60. The van der Waals surface area contributed by atoms with Gasteiger partial charge in [-0.25, -0.2) is 18.4 Å². The van der Waals surface area contributed by atoms with Gasteiger partial charge in [0.15, 0.2) is 0 Å². The van der Waals surface area contributed by atoms with E-state index in [0.29, 0.717) is 31.1 Å². The van der Waals surface area contributed by atoms with Crippen LogP contribution in [0.4, 0.5) is 5.82 Å². The Labute approximate surface area is 207 Å². The van der Waals surface area contributed by atoms with Crippen LogP contribution in [0.5, 0.6) is 0 Å². The summed E-state index contributed by atoms with van der Waals surface area (Å²) in [5, 5.41) is 1.69. The number of nitrogens with zero attached hydrogens (tertiary/aromatic N) is 4. The molecule has 0 radical (unpaired) electrons. The molecule has 0 atom stereocenters. The van der Waals surface area contributed by atoms with Gasteiger partial charge in [-0.05, 0) is 37.8 Å². The molecule has 3 aromatic carbocycles. The van der Waals surface area contributed by atoms with E-state index in [1.165, 1.54) is 11.1 Å². The third-order valence-corrected chi connectivity index (χ3v) is 8.67. The molecule has 4 aromatic rings. The molecular formula is C28H30N4O2S. The van der Waals surface area contributed by atoms with Crippen molar-refractivity contribution in [2.75, 3.05) is 31.1 Å². The first-order valence-corrected chi connectivity index (χ1v) is 13.4. The number of hydrogen-bond donors (Lipinski definition) is 0. The molecule has 0 amide bonds. The van der Waals surface area contributed by atoms with Crippen LogP contribution in [0, 0.1) is 20.8 Å². The van der Waals surface area contributed by atoms with Gasteiger partial charge in [-0.2, -0.15) is 4.31 Å². The molecule has 1 saturated heterocycles. The zero-order valence-electron chi connectivity index (χ0n) is 20.4. The average Bonchev–Trinajstić information content (AvgIpc) is 2.86. The molecule has 2 heterocycles. The minimum Gasteiger partial charge on any atom is -0.354 e. The molecule has 0 bridgehead atoms. The second kappa shape index (κ2) is 9.40. The summed E-state index contributed by atoms with van der Waals surface area (Å²) < 4.78 is 28.7. The maximum absolute atomic E-state index is 13.6. The summed E-state index contributed by atoms with van der Waals surface area (Å²) >= 11 is 0. The maximum atomic E-state index is 13.6. The van der Waals surface area contributed by atoms with Crippen molar-refractivity contribution in [3.8, 4) is 0 Å². The lowest BCUT2D eigenvalue weighted by atomic mass is 10.0. The summed E-state index contributed by atoms with van der Waals surface area (Å²) in [5.41, 5.74) is 4.52. The molecule has 1 fully saturated rings. The van der Waals surface area contributed by atoms with Gasteiger partial charge in [0.2, 0.25) is 10.0 Å². The molecule has 180 valence electrons. The van der Waals surface area contributed by atoms with Gasteiger partial charge < -0.3 is 4.90 Å². The van der Waals surface area contributed by atoms with E-state index in [2.05, 4.69) is 41.1 Å². The monoisotopic (exact) mass is 486 g/mol. The fraction of sp³-hybridized carbons (Fsp3) is 0.286. The van der Waals surface area contributed by atoms with Gasteiger partial charge >= 0.3 is 0 Å². The normalized spacial score (nSPS) is 15.0. The third-order valence-electron chi connectivity index (χ3n) is 6.71. The largest absolute Gasteiger partial charge is 0.354 e. The van der Waals surface area contributed by atoms with E-state index in [0.717, 1.165) is 40.1 Å². The molecule has 0 saturated carbocycles. The highest BCUT2D eigenvalue weighted by Crippen LogP contribution is 2.29. The molecule has 1 aliphatic rings. The minimum atomic E-state index is -3.60. The van der Waals surface area contributed by atoms with Gasteiger partial charge in [0, 0.05) is 49.2 Å². The van der Waals surface area contributed by atoms with E-state index in [1.807, 2.05) is 50.2 Å². The van der Waals surface area contributed by atoms with Gasteiger partial charge in [0.1, 0.15) is 11.6 Å². The van der Waals surface area contributed by atoms with E-state index >= 15 is 0 Å². The summed E-state index contributed by atoms with van der Waals surface area (Å²) in [6.45, 7) is 8.02. The number of fused-ring (bicyclic) bond motifs is 1. The van der Waals surface area contributed by atoms with Gasteiger partial charge in [-0.3, -0.25) is 0 Å². The summed E-state index contributed by atoms with van der Waals surface area (Å²) in [4.78, 5) is 12.0. The number of sulfonamides is 1. The van der Waals surface area contributed by atoms with E-state index in [1.54, 1.807) is 10.4 Å². The predicted molar refractivity (Wildman–Crippen MR) is 140 cm³/mol. The van der Waals surface area contributed by atoms with Crippen molar-refractivity contribution >= 4 is 26.6 Å². The van der Waals surface area contributed by atoms with Crippen molar-refractivity contribution in [2.45, 2.75) is 32.1 Å². The second-order valence-electron chi connectivity index (χ2n) is 9.19. The Balaban J connectivity index is 1.40. The number of anilines is 1. The SMILES string of the molecule is Cc1ccc(Cc2c(C)nc(C)nc2N2CCN(S(=O)(=O)c3cccc4ccccc34)CC2)cc1. The zero-order valence-corrected chi connectivity index (χ0v) is 21.2. The van der Waals surface area contributed by atoms with E-state index in [9.17, 15) is 8.42 Å². The highest BCUT2D eigenvalue weighted by molar-refractivity contribution is 7.89. The molecule has 1 aromatic heterocycles. The van der Waals surface area contributed by atoms with Crippen molar-refractivity contribution in [1.82, 2.24) is 14.3 Å². The van der Waals surface area contributed by atoms with Crippen LogP contribution < -0.4 is 4.90 Å². The Morgan fingerprint density at radius 2 is 1.49 bits per heavy atom. The van der Waals surface area contributed by atoms with Crippen molar-refractivity contribution in [3.63, 3.8) is 0 Å². The lowest BCUT2D eigenvalue weighted by Crippen LogP contribution is -2.49. The fourth-order valence-electron chi connectivity index (χ4n) is 4.80. The Bertz CT molecular complexity index is 1470. The van der Waals surface area contributed by atoms with Crippen molar-refractivity contribution in [3.05, 3.63) is 94.9 Å². The zero-order chi connectivity index (χ0) is 24.6. The Kier molecular flexibility index (Phi) is 6.30. The van der Waals surface area contributed by atoms with Crippen LogP contribution in [0.2, 0.25) is 0 Å². The standard InChI is InChI=1S/C28H30N4O2S/c1-20-11-13-23(14-12-20)19-26-21(2)29-22(3)30-28(26)31-15-17-32(18-16-31)35(33,34)27-10-6-8-24-7-4-5-9-25(24)27/h4-14H,15-19H2,1-3H3. The topological polar surface area (TPSA) is 66.4 Å². The summed E-state index contributed by atoms with van der Waals surface area (Å²) in [6, 6.07) is 21.6. The van der Waals surface area contributed by atoms with E-state index in [-0.39, 0.29) is 0 Å². The number of aromatic nitrogens is 2. The molecule has 0 aliphatic carbocycles. The molecule has 1 aliphatic heterocycles. The summed E-state index contributed by atoms with van der Waals surface area (Å²) in [5.74, 6) is 1.65. The molecule has 0 N–H and O–H groups in total. The lowest BCUT2D eigenvalue weighted by molar-refractivity contribution is 0.383. The minimum absolute atomic E-state index is 0.373. The Morgan fingerprint density at radius 1 is 0.800 bits per heavy atom. The predicted octanol–water partition coefficient (Wildman–Crippen LogP) is 4.66. The highest BCUT2D eigenvalue weighted by Gasteiger charge is 2.31. The van der Waals surface area contributed by atoms with Crippen molar-refractivity contribution in [1.29, 1.82) is 0 Å². The fourth-order valence-corrected chi connectivity index (χ4v) is 6.43. The first-order valence-electron chi connectivity index (χ1n) is 12.0. The number of piperazine rings is 1. The maximum Gasteiger partial charge on any atom is 0.243 e. The van der Waals surface area contributed by atoms with E-state index in [4.69, 9.17) is 4.98 Å². The Morgan fingerprint density at radius 3 is 2.23 bits per heavy atom. The number of hydrogen-bond acceptors (Lipinski definition) is 5. The van der Waals surface area contributed by atoms with Gasteiger partial charge in [0.25, 0.3) is 0 Å². The first-order chi connectivity index (χ1) is 16.8. The molecule has 0 spiro atoms. The van der Waals surface area contributed by atoms with Crippen LogP contribution in [-0.4, -0.2) is 48.9 Å². The van der Waals surface area contributed by atoms with Crippen LogP contribution in [0.1, 0.15) is 28.2 Å². The first kappa shape index (κ1) is 23.5. The van der Waals surface area contributed by atoms with Crippen molar-refractivity contribution in [2.24, 2.45) is 0 Å². The van der Waals surface area contributed by atoms with Crippen molar-refractivity contribution < 1.29 is 8.42 Å². The lowest BCUT2D eigenvalue weighted by Gasteiger charge is -2.36.